The molecule has 2 heterocycles. The highest BCUT2D eigenvalue weighted by Gasteiger charge is 2.20. The molecule has 7 nitrogen and oxygen atoms in total. The monoisotopic (exact) mass is 359 g/mol. The van der Waals surface area contributed by atoms with Gasteiger partial charge in [0, 0.05) is 20.1 Å². The molecule has 0 amide bonds. The highest BCUT2D eigenvalue weighted by Crippen LogP contribution is 2.19. The molecule has 3 aromatic rings. The fourth-order valence-electron chi connectivity index (χ4n) is 2.81. The van der Waals surface area contributed by atoms with Crippen LogP contribution in [0.2, 0.25) is 0 Å². The maximum atomic E-state index is 13.2. The molecule has 0 aliphatic heterocycles. The van der Waals surface area contributed by atoms with Crippen LogP contribution in [-0.4, -0.2) is 24.7 Å². The van der Waals surface area contributed by atoms with Crippen LogP contribution in [0, 0.1) is 5.82 Å². The van der Waals surface area contributed by atoms with Gasteiger partial charge in [-0.15, -0.1) is 0 Å². The lowest BCUT2D eigenvalue weighted by atomic mass is 10.2. The number of hydrogen-bond acceptors (Lipinski definition) is 4. The molecule has 0 unspecified atom stereocenters. The predicted octanol–water partition coefficient (Wildman–Crippen LogP) is 1.83. The van der Waals surface area contributed by atoms with Crippen molar-refractivity contribution < 1.29 is 4.39 Å². The summed E-state index contributed by atoms with van der Waals surface area (Å²) in [5.41, 5.74) is 0.656. The van der Waals surface area contributed by atoms with E-state index in [0.717, 1.165) is 16.6 Å². The van der Waals surface area contributed by atoms with E-state index in [4.69, 9.17) is 0 Å². The quantitative estimate of drug-likeness (QED) is 0.754. The topological polar surface area (TPSA) is 73.8 Å². The average molecular weight is 359 g/mol. The fraction of sp³-hybridized carbons (Fsp3) is 0.389. The Labute approximate surface area is 149 Å². The largest absolute Gasteiger partial charge is 0.353 e. The number of rotatable bonds is 5. The van der Waals surface area contributed by atoms with Gasteiger partial charge in [-0.25, -0.2) is 9.18 Å². The van der Waals surface area contributed by atoms with Crippen molar-refractivity contribution in [1.29, 1.82) is 0 Å². The van der Waals surface area contributed by atoms with Crippen molar-refractivity contribution >= 4 is 17.1 Å². The number of aromatic nitrogens is 4. The predicted molar refractivity (Wildman–Crippen MR) is 99.1 cm³/mol. The van der Waals surface area contributed by atoms with Crippen LogP contribution in [0.1, 0.15) is 25.8 Å². The van der Waals surface area contributed by atoms with E-state index >= 15 is 0 Å². The number of anilines is 1. The first-order valence-electron chi connectivity index (χ1n) is 8.50. The van der Waals surface area contributed by atoms with Gasteiger partial charge >= 0.3 is 5.69 Å². The lowest BCUT2D eigenvalue weighted by Gasteiger charge is -2.14. The normalized spacial score (nSPS) is 12.5. The molecule has 26 heavy (non-hydrogen) atoms. The van der Waals surface area contributed by atoms with Gasteiger partial charge in [-0.1, -0.05) is 19.1 Å². The summed E-state index contributed by atoms with van der Waals surface area (Å²) in [4.78, 5) is 29.5. The Balaban J connectivity index is 2.25. The molecule has 1 aromatic carbocycles. The number of nitrogens with one attached hydrogen (secondary N) is 1. The molecule has 0 radical (unpaired) electrons. The molecule has 1 atom stereocenters. The number of halogens is 1. The molecular weight excluding hydrogens is 337 g/mol. The van der Waals surface area contributed by atoms with Crippen LogP contribution < -0.4 is 16.6 Å². The average Bonchev–Trinajstić information content (AvgIpc) is 2.98. The van der Waals surface area contributed by atoms with Gasteiger partial charge in [0.05, 0.1) is 6.54 Å². The van der Waals surface area contributed by atoms with E-state index < -0.39 is 11.2 Å². The number of aryl methyl sites for hydroxylation is 1. The Morgan fingerprint density at radius 1 is 1.15 bits per heavy atom. The molecule has 3 rings (SSSR count). The molecule has 1 N–H and O–H groups in total. The Bertz CT molecular complexity index is 1060. The van der Waals surface area contributed by atoms with Crippen molar-refractivity contribution in [2.45, 2.75) is 32.9 Å². The summed E-state index contributed by atoms with van der Waals surface area (Å²) in [6, 6.07) is 6.23. The summed E-state index contributed by atoms with van der Waals surface area (Å²) in [5, 5.41) is 3.29. The van der Waals surface area contributed by atoms with Crippen molar-refractivity contribution in [3.8, 4) is 0 Å². The van der Waals surface area contributed by atoms with Gasteiger partial charge in [-0.05, 0) is 31.0 Å². The van der Waals surface area contributed by atoms with Crippen LogP contribution >= 0.6 is 0 Å². The maximum absolute atomic E-state index is 13.2. The van der Waals surface area contributed by atoms with Gasteiger partial charge in [-0.2, -0.15) is 4.98 Å². The molecule has 138 valence electrons. The lowest BCUT2D eigenvalue weighted by Crippen LogP contribution is -2.37. The first-order chi connectivity index (χ1) is 12.3. The van der Waals surface area contributed by atoms with Gasteiger partial charge in [-0.3, -0.25) is 18.5 Å². The number of benzene rings is 1. The smallest absolute Gasteiger partial charge is 0.332 e. The lowest BCUT2D eigenvalue weighted by molar-refractivity contribution is 0.626. The Hall–Kier alpha value is -2.90. The zero-order valence-electron chi connectivity index (χ0n) is 15.3. The van der Waals surface area contributed by atoms with Crippen LogP contribution in [0.5, 0.6) is 0 Å². The minimum Gasteiger partial charge on any atom is -0.353 e. The summed E-state index contributed by atoms with van der Waals surface area (Å²) in [6.45, 7) is 4.39. The summed E-state index contributed by atoms with van der Waals surface area (Å²) < 4.78 is 17.4. The Morgan fingerprint density at radius 2 is 1.81 bits per heavy atom. The number of hydrogen-bond donors (Lipinski definition) is 1. The highest BCUT2D eigenvalue weighted by atomic mass is 19.1. The molecular formula is C18H22FN5O2. The molecule has 0 saturated carbocycles. The Kier molecular flexibility index (Phi) is 4.67. The zero-order chi connectivity index (χ0) is 19.0. The second-order valence-corrected chi connectivity index (χ2v) is 6.48. The van der Waals surface area contributed by atoms with Gasteiger partial charge in [0.15, 0.2) is 11.2 Å². The van der Waals surface area contributed by atoms with Crippen molar-refractivity contribution in [3.63, 3.8) is 0 Å². The van der Waals surface area contributed by atoms with E-state index in [1.807, 2.05) is 13.8 Å². The summed E-state index contributed by atoms with van der Waals surface area (Å²) in [5.74, 6) is 0.192. The molecule has 8 heteroatoms. The fourth-order valence-corrected chi connectivity index (χ4v) is 2.81. The summed E-state index contributed by atoms with van der Waals surface area (Å²) in [7, 11) is 3.04. The van der Waals surface area contributed by atoms with Gasteiger partial charge < -0.3 is 5.32 Å². The second kappa shape index (κ2) is 6.78. The Morgan fingerprint density at radius 3 is 2.42 bits per heavy atom. The SMILES string of the molecule is CC[C@@H](C)Nc1nc2c(c(=O)n(C)c(=O)n2C)n1Cc1ccc(F)cc1. The molecule has 0 saturated heterocycles. The first kappa shape index (κ1) is 17.9. The minimum absolute atomic E-state index is 0.139. The van der Waals surface area contributed by atoms with Crippen LogP contribution in [0.25, 0.3) is 11.2 Å². The van der Waals surface area contributed by atoms with Crippen molar-refractivity contribution in [2.24, 2.45) is 14.1 Å². The zero-order valence-corrected chi connectivity index (χ0v) is 15.3. The molecule has 0 spiro atoms. The number of nitrogens with zero attached hydrogens (tertiary/aromatic N) is 4. The van der Waals surface area contributed by atoms with Crippen LogP contribution in [0.4, 0.5) is 10.3 Å². The van der Waals surface area contributed by atoms with E-state index in [9.17, 15) is 14.0 Å². The molecule has 0 fully saturated rings. The highest BCUT2D eigenvalue weighted by molar-refractivity contribution is 5.74. The van der Waals surface area contributed by atoms with Crippen LogP contribution in [-0.2, 0) is 20.6 Å². The number of imidazole rings is 1. The third-order valence-corrected chi connectivity index (χ3v) is 4.59. The summed E-state index contributed by atoms with van der Waals surface area (Å²) in [6.07, 6.45) is 0.872. The van der Waals surface area contributed by atoms with Crippen LogP contribution in [0.3, 0.4) is 0 Å². The standard InChI is InChI=1S/C18H22FN5O2/c1-5-11(2)20-17-21-15-14(16(25)23(4)18(26)22(15)3)24(17)10-12-6-8-13(19)9-7-12/h6-9,11H,5,10H2,1-4H3,(H,20,21)/t11-/m1/s1. The van der Waals surface area contributed by atoms with E-state index in [0.29, 0.717) is 23.7 Å². The first-order valence-corrected chi connectivity index (χ1v) is 8.50. The third kappa shape index (κ3) is 3.02. The van der Waals surface area contributed by atoms with E-state index in [2.05, 4.69) is 10.3 Å². The van der Waals surface area contributed by atoms with E-state index in [-0.39, 0.29) is 11.9 Å². The van der Waals surface area contributed by atoms with E-state index in [1.54, 1.807) is 23.7 Å². The van der Waals surface area contributed by atoms with Gasteiger partial charge in [0.25, 0.3) is 5.56 Å². The summed E-state index contributed by atoms with van der Waals surface area (Å²) >= 11 is 0. The molecule has 0 aliphatic rings. The molecule has 0 bridgehead atoms. The third-order valence-electron chi connectivity index (χ3n) is 4.59. The number of fused-ring (bicyclic) bond motifs is 1. The van der Waals surface area contributed by atoms with Crippen molar-refractivity contribution in [2.75, 3.05) is 5.32 Å². The van der Waals surface area contributed by atoms with Crippen LogP contribution in [0.15, 0.2) is 33.9 Å². The van der Waals surface area contributed by atoms with Gasteiger partial charge in [0.1, 0.15) is 5.82 Å². The molecule has 0 aliphatic carbocycles. The van der Waals surface area contributed by atoms with Gasteiger partial charge in [0.2, 0.25) is 5.95 Å². The molecule has 2 aromatic heterocycles. The van der Waals surface area contributed by atoms with Crippen molar-refractivity contribution in [3.05, 3.63) is 56.5 Å². The van der Waals surface area contributed by atoms with E-state index in [1.165, 1.54) is 23.7 Å². The van der Waals surface area contributed by atoms with Crippen molar-refractivity contribution in [1.82, 2.24) is 18.7 Å². The second-order valence-electron chi connectivity index (χ2n) is 6.48. The maximum Gasteiger partial charge on any atom is 0.332 e. The minimum atomic E-state index is -0.427.